The Morgan fingerprint density at radius 1 is 1.09 bits per heavy atom. The quantitative estimate of drug-likeness (QED) is 0.665. The first-order valence-electron chi connectivity index (χ1n) is 10.7. The molecule has 0 spiro atoms. The van der Waals surface area contributed by atoms with Crippen molar-refractivity contribution in [2.75, 3.05) is 37.8 Å². The molecule has 8 nitrogen and oxygen atoms in total. The van der Waals surface area contributed by atoms with Crippen molar-refractivity contribution in [3.05, 3.63) is 53.6 Å². The average Bonchev–Trinajstić information content (AvgIpc) is 3.19. The van der Waals surface area contributed by atoms with E-state index in [2.05, 4.69) is 5.32 Å². The van der Waals surface area contributed by atoms with E-state index in [1.807, 2.05) is 49.4 Å². The van der Waals surface area contributed by atoms with Crippen LogP contribution in [0.5, 0.6) is 11.5 Å². The SMILES string of the molecule is Cc1ccc(N2CC(C(=O)OCC(=O)NCCc3ccc4c(c3)OCCO4)CC2=O)cc1. The minimum absolute atomic E-state index is 0.0818. The van der Waals surface area contributed by atoms with Gasteiger partial charge >= 0.3 is 5.97 Å². The van der Waals surface area contributed by atoms with Crippen molar-refractivity contribution in [3.63, 3.8) is 0 Å². The highest BCUT2D eigenvalue weighted by Gasteiger charge is 2.36. The molecule has 32 heavy (non-hydrogen) atoms. The first-order chi connectivity index (χ1) is 15.5. The van der Waals surface area contributed by atoms with Crippen molar-refractivity contribution in [3.8, 4) is 11.5 Å². The fourth-order valence-corrected chi connectivity index (χ4v) is 3.73. The second-order valence-electron chi connectivity index (χ2n) is 7.93. The third-order valence-electron chi connectivity index (χ3n) is 5.49. The van der Waals surface area contributed by atoms with Gasteiger partial charge in [-0.2, -0.15) is 0 Å². The van der Waals surface area contributed by atoms with Gasteiger partial charge in [-0.15, -0.1) is 0 Å². The van der Waals surface area contributed by atoms with Gasteiger partial charge in [0.2, 0.25) is 5.91 Å². The topological polar surface area (TPSA) is 94.2 Å². The Labute approximate surface area is 186 Å². The van der Waals surface area contributed by atoms with E-state index in [1.165, 1.54) is 0 Å². The number of carbonyl (C=O) groups is 3. The number of ether oxygens (including phenoxy) is 3. The fourth-order valence-electron chi connectivity index (χ4n) is 3.73. The van der Waals surface area contributed by atoms with Crippen molar-refractivity contribution < 1.29 is 28.6 Å². The first-order valence-corrected chi connectivity index (χ1v) is 10.7. The zero-order valence-corrected chi connectivity index (χ0v) is 18.0. The van der Waals surface area contributed by atoms with Gasteiger partial charge in [-0.3, -0.25) is 14.4 Å². The summed E-state index contributed by atoms with van der Waals surface area (Å²) in [6, 6.07) is 13.2. The molecule has 2 amide bonds. The number of nitrogens with zero attached hydrogens (tertiary/aromatic N) is 1. The lowest BCUT2D eigenvalue weighted by molar-refractivity contribution is -0.152. The van der Waals surface area contributed by atoms with Crippen molar-refractivity contribution in [2.24, 2.45) is 5.92 Å². The Balaban J connectivity index is 1.19. The minimum atomic E-state index is -0.575. The molecule has 168 valence electrons. The molecule has 0 saturated carbocycles. The third-order valence-corrected chi connectivity index (χ3v) is 5.49. The van der Waals surface area contributed by atoms with Crippen LogP contribution in [0.25, 0.3) is 0 Å². The van der Waals surface area contributed by atoms with Crippen molar-refractivity contribution >= 4 is 23.5 Å². The normalized spacial score (nSPS) is 17.2. The van der Waals surface area contributed by atoms with Gasteiger partial charge in [0.1, 0.15) is 13.2 Å². The summed E-state index contributed by atoms with van der Waals surface area (Å²) in [6.07, 6.45) is 0.692. The first kappa shape index (κ1) is 21.7. The van der Waals surface area contributed by atoms with Crippen molar-refractivity contribution in [2.45, 2.75) is 19.8 Å². The molecule has 1 fully saturated rings. The summed E-state index contributed by atoms with van der Waals surface area (Å²) in [6.45, 7) is 3.33. The summed E-state index contributed by atoms with van der Waals surface area (Å²) < 4.78 is 16.2. The van der Waals surface area contributed by atoms with Crippen LogP contribution in [-0.4, -0.2) is 50.7 Å². The van der Waals surface area contributed by atoms with E-state index in [4.69, 9.17) is 14.2 Å². The standard InChI is InChI=1S/C24H26N2O6/c1-16-2-5-19(6-3-16)26-14-18(13-23(26)28)24(29)32-15-22(27)25-9-8-17-4-7-20-21(12-17)31-11-10-30-20/h2-7,12,18H,8-11,13-15H2,1H3,(H,25,27). The Bertz CT molecular complexity index is 1000. The van der Waals surface area contributed by atoms with E-state index >= 15 is 0 Å². The predicted octanol–water partition coefficient (Wildman–Crippen LogP) is 2.02. The lowest BCUT2D eigenvalue weighted by atomic mass is 10.1. The number of anilines is 1. The zero-order valence-electron chi connectivity index (χ0n) is 18.0. The molecule has 4 rings (SSSR count). The molecule has 0 bridgehead atoms. The Kier molecular flexibility index (Phi) is 6.58. The molecule has 2 aromatic rings. The molecule has 1 N–H and O–H groups in total. The summed E-state index contributed by atoms with van der Waals surface area (Å²) in [7, 11) is 0. The van der Waals surface area contributed by atoms with Crippen LogP contribution in [0.15, 0.2) is 42.5 Å². The maximum absolute atomic E-state index is 12.4. The number of fused-ring (bicyclic) bond motifs is 1. The highest BCUT2D eigenvalue weighted by molar-refractivity contribution is 5.99. The number of carbonyl (C=O) groups excluding carboxylic acids is 3. The van der Waals surface area contributed by atoms with E-state index in [0.717, 1.165) is 22.6 Å². The number of aryl methyl sites for hydroxylation is 1. The van der Waals surface area contributed by atoms with Crippen LogP contribution in [-0.2, 0) is 25.5 Å². The van der Waals surface area contributed by atoms with Crippen LogP contribution in [0, 0.1) is 12.8 Å². The molecule has 1 atom stereocenters. The van der Waals surface area contributed by atoms with Gasteiger partial charge in [0, 0.05) is 25.2 Å². The molecule has 0 aromatic heterocycles. The lowest BCUT2D eigenvalue weighted by Gasteiger charge is -2.18. The van der Waals surface area contributed by atoms with Gasteiger partial charge < -0.3 is 24.4 Å². The molecular weight excluding hydrogens is 412 g/mol. The second kappa shape index (κ2) is 9.72. The van der Waals surface area contributed by atoms with Crippen LogP contribution in [0.1, 0.15) is 17.5 Å². The number of benzene rings is 2. The molecular formula is C24H26N2O6. The number of rotatable bonds is 7. The summed E-state index contributed by atoms with van der Waals surface area (Å²) in [5, 5.41) is 2.74. The molecule has 2 aromatic carbocycles. The molecule has 2 aliphatic rings. The van der Waals surface area contributed by atoms with Gasteiger partial charge in [-0.25, -0.2) is 0 Å². The number of nitrogens with one attached hydrogen (secondary N) is 1. The highest BCUT2D eigenvalue weighted by atomic mass is 16.6. The Morgan fingerprint density at radius 2 is 1.84 bits per heavy atom. The maximum atomic E-state index is 12.4. The third kappa shape index (κ3) is 5.19. The highest BCUT2D eigenvalue weighted by Crippen LogP contribution is 2.30. The summed E-state index contributed by atoms with van der Waals surface area (Å²) in [5.74, 6) is -0.179. The monoisotopic (exact) mass is 438 g/mol. The second-order valence-corrected chi connectivity index (χ2v) is 7.93. The molecule has 1 unspecified atom stereocenters. The molecule has 2 heterocycles. The average molecular weight is 438 g/mol. The molecule has 8 heteroatoms. The van der Waals surface area contributed by atoms with Crippen LogP contribution in [0.2, 0.25) is 0 Å². The molecule has 0 radical (unpaired) electrons. The lowest BCUT2D eigenvalue weighted by Crippen LogP contribution is -2.32. The summed E-state index contributed by atoms with van der Waals surface area (Å²) >= 11 is 0. The number of esters is 1. The van der Waals surface area contributed by atoms with E-state index in [9.17, 15) is 14.4 Å². The van der Waals surface area contributed by atoms with E-state index in [0.29, 0.717) is 31.9 Å². The van der Waals surface area contributed by atoms with Crippen LogP contribution < -0.4 is 19.7 Å². The van der Waals surface area contributed by atoms with Gasteiger partial charge in [-0.05, 0) is 43.2 Å². The van der Waals surface area contributed by atoms with Crippen molar-refractivity contribution in [1.82, 2.24) is 5.32 Å². The van der Waals surface area contributed by atoms with E-state index < -0.39 is 11.9 Å². The minimum Gasteiger partial charge on any atom is -0.486 e. The number of hydrogen-bond donors (Lipinski definition) is 1. The van der Waals surface area contributed by atoms with Crippen LogP contribution in [0.3, 0.4) is 0 Å². The van der Waals surface area contributed by atoms with Crippen LogP contribution in [0.4, 0.5) is 5.69 Å². The summed E-state index contributed by atoms with van der Waals surface area (Å²) in [4.78, 5) is 38.3. The number of hydrogen-bond acceptors (Lipinski definition) is 6. The molecule has 1 saturated heterocycles. The van der Waals surface area contributed by atoms with Crippen LogP contribution >= 0.6 is 0 Å². The zero-order chi connectivity index (χ0) is 22.5. The maximum Gasteiger partial charge on any atom is 0.311 e. The van der Waals surface area contributed by atoms with Gasteiger partial charge in [0.25, 0.3) is 5.91 Å². The molecule has 2 aliphatic heterocycles. The predicted molar refractivity (Wildman–Crippen MR) is 117 cm³/mol. The fraction of sp³-hybridized carbons (Fsp3) is 0.375. The Morgan fingerprint density at radius 3 is 2.62 bits per heavy atom. The number of amides is 2. The Hall–Kier alpha value is -3.55. The summed E-state index contributed by atoms with van der Waals surface area (Å²) in [5.41, 5.74) is 2.86. The van der Waals surface area contributed by atoms with Crippen molar-refractivity contribution in [1.29, 1.82) is 0 Å². The largest absolute Gasteiger partial charge is 0.486 e. The van der Waals surface area contributed by atoms with Gasteiger partial charge in [-0.1, -0.05) is 23.8 Å². The van der Waals surface area contributed by atoms with E-state index in [1.54, 1.807) is 4.90 Å². The van der Waals surface area contributed by atoms with Gasteiger partial charge in [0.05, 0.1) is 5.92 Å². The van der Waals surface area contributed by atoms with Gasteiger partial charge in [0.15, 0.2) is 18.1 Å². The smallest absolute Gasteiger partial charge is 0.311 e. The molecule has 0 aliphatic carbocycles. The van der Waals surface area contributed by atoms with E-state index in [-0.39, 0.29) is 31.4 Å².